The number of carbonyl (C=O) groups is 1. The lowest BCUT2D eigenvalue weighted by molar-refractivity contribution is 0.187. The van der Waals surface area contributed by atoms with E-state index < -0.39 is 0 Å². The number of nitrogens with one attached hydrogen (secondary N) is 1. The average molecular weight is 317 g/mol. The normalized spacial score (nSPS) is 19.4. The Balaban J connectivity index is 1.45. The summed E-state index contributed by atoms with van der Waals surface area (Å²) < 4.78 is 5.85. The molecule has 2 aliphatic rings. The van der Waals surface area contributed by atoms with Gasteiger partial charge in [-0.1, -0.05) is 6.07 Å². The molecule has 1 unspecified atom stereocenters. The van der Waals surface area contributed by atoms with Gasteiger partial charge in [0.15, 0.2) is 0 Å². The summed E-state index contributed by atoms with van der Waals surface area (Å²) in [5.41, 5.74) is 0.990. The highest BCUT2D eigenvalue weighted by Crippen LogP contribution is 2.34. The van der Waals surface area contributed by atoms with Gasteiger partial charge in [-0.05, 0) is 56.9 Å². The number of rotatable bonds is 6. The molecule has 2 saturated carbocycles. The molecule has 0 aromatic carbocycles. The van der Waals surface area contributed by atoms with Crippen LogP contribution in [0.3, 0.4) is 0 Å². The van der Waals surface area contributed by atoms with Crippen molar-refractivity contribution < 1.29 is 9.53 Å². The van der Waals surface area contributed by atoms with Gasteiger partial charge in [-0.25, -0.2) is 9.78 Å². The molecule has 1 N–H and O–H groups in total. The van der Waals surface area contributed by atoms with Crippen LogP contribution >= 0.6 is 0 Å². The SMILES string of the molecule is CC(C1CC1)N(C)C(=O)NCc1ccc(OC2CCCC2)nc1. The van der Waals surface area contributed by atoms with Crippen LogP contribution in [0.5, 0.6) is 5.88 Å². The summed E-state index contributed by atoms with van der Waals surface area (Å²) in [6.45, 7) is 2.62. The molecular weight excluding hydrogens is 290 g/mol. The van der Waals surface area contributed by atoms with E-state index in [4.69, 9.17) is 4.74 Å². The number of nitrogens with zero attached hydrogens (tertiary/aromatic N) is 2. The molecule has 1 atom stereocenters. The van der Waals surface area contributed by atoms with Crippen LogP contribution in [0.4, 0.5) is 4.79 Å². The largest absolute Gasteiger partial charge is 0.474 e. The van der Waals surface area contributed by atoms with E-state index in [-0.39, 0.29) is 6.03 Å². The van der Waals surface area contributed by atoms with Crippen molar-refractivity contribution in [2.45, 2.75) is 64.1 Å². The van der Waals surface area contributed by atoms with Gasteiger partial charge < -0.3 is 15.0 Å². The van der Waals surface area contributed by atoms with Crippen molar-refractivity contribution >= 4 is 6.03 Å². The lowest BCUT2D eigenvalue weighted by atomic mass is 10.2. The zero-order valence-electron chi connectivity index (χ0n) is 14.1. The van der Waals surface area contributed by atoms with Gasteiger partial charge in [-0.3, -0.25) is 0 Å². The molecule has 0 saturated heterocycles. The summed E-state index contributed by atoms with van der Waals surface area (Å²) in [7, 11) is 1.87. The molecule has 1 heterocycles. The highest BCUT2D eigenvalue weighted by molar-refractivity contribution is 5.74. The topological polar surface area (TPSA) is 54.5 Å². The molecule has 1 aromatic heterocycles. The van der Waals surface area contributed by atoms with E-state index in [0.717, 1.165) is 18.4 Å². The Morgan fingerprint density at radius 3 is 2.70 bits per heavy atom. The van der Waals surface area contributed by atoms with Crippen molar-refractivity contribution in [3.63, 3.8) is 0 Å². The van der Waals surface area contributed by atoms with Gasteiger partial charge in [0.25, 0.3) is 0 Å². The van der Waals surface area contributed by atoms with E-state index in [1.165, 1.54) is 25.7 Å². The first-order chi connectivity index (χ1) is 11.1. The number of hydrogen-bond acceptors (Lipinski definition) is 3. The predicted octanol–water partition coefficient (Wildman–Crippen LogP) is 3.34. The van der Waals surface area contributed by atoms with Gasteiger partial charge in [0.05, 0.1) is 0 Å². The lowest BCUT2D eigenvalue weighted by Gasteiger charge is -2.25. The van der Waals surface area contributed by atoms with Crippen molar-refractivity contribution in [3.05, 3.63) is 23.9 Å². The summed E-state index contributed by atoms with van der Waals surface area (Å²) in [5, 5.41) is 2.96. The van der Waals surface area contributed by atoms with Gasteiger partial charge >= 0.3 is 6.03 Å². The van der Waals surface area contributed by atoms with E-state index in [2.05, 4.69) is 17.2 Å². The average Bonchev–Trinajstić information content (AvgIpc) is 3.30. The van der Waals surface area contributed by atoms with Crippen LogP contribution in [-0.4, -0.2) is 35.1 Å². The third-order valence-electron chi connectivity index (χ3n) is 5.07. The van der Waals surface area contributed by atoms with Crippen LogP contribution in [0.2, 0.25) is 0 Å². The summed E-state index contributed by atoms with van der Waals surface area (Å²) in [6.07, 6.45) is 9.36. The molecule has 2 fully saturated rings. The van der Waals surface area contributed by atoms with Crippen molar-refractivity contribution in [1.29, 1.82) is 0 Å². The van der Waals surface area contributed by atoms with Crippen LogP contribution in [0.15, 0.2) is 18.3 Å². The number of ether oxygens (including phenoxy) is 1. The van der Waals surface area contributed by atoms with Gasteiger partial charge in [-0.15, -0.1) is 0 Å². The number of aromatic nitrogens is 1. The number of hydrogen-bond donors (Lipinski definition) is 1. The van der Waals surface area contributed by atoms with Crippen LogP contribution in [0.25, 0.3) is 0 Å². The number of carbonyl (C=O) groups excluding carboxylic acids is 1. The molecular formula is C18H27N3O2. The van der Waals surface area contributed by atoms with Crippen molar-refractivity contribution in [1.82, 2.24) is 15.2 Å². The van der Waals surface area contributed by atoms with Gasteiger partial charge in [0, 0.05) is 31.9 Å². The first-order valence-electron chi connectivity index (χ1n) is 8.75. The molecule has 5 heteroatoms. The number of urea groups is 1. The maximum Gasteiger partial charge on any atom is 0.317 e. The summed E-state index contributed by atoms with van der Waals surface area (Å²) >= 11 is 0. The maximum absolute atomic E-state index is 12.2. The fourth-order valence-corrected chi connectivity index (χ4v) is 3.14. The van der Waals surface area contributed by atoms with E-state index in [1.54, 1.807) is 6.20 Å². The Labute approximate surface area is 138 Å². The van der Waals surface area contributed by atoms with Crippen LogP contribution < -0.4 is 10.1 Å². The van der Waals surface area contributed by atoms with Gasteiger partial charge in [-0.2, -0.15) is 0 Å². The third kappa shape index (κ3) is 4.36. The highest BCUT2D eigenvalue weighted by atomic mass is 16.5. The molecule has 126 valence electrons. The van der Waals surface area contributed by atoms with E-state index in [9.17, 15) is 4.79 Å². The van der Waals surface area contributed by atoms with Crippen molar-refractivity contribution in [2.24, 2.45) is 5.92 Å². The van der Waals surface area contributed by atoms with Crippen LogP contribution in [0.1, 0.15) is 51.0 Å². The molecule has 5 nitrogen and oxygen atoms in total. The monoisotopic (exact) mass is 317 g/mol. The smallest absolute Gasteiger partial charge is 0.317 e. The second-order valence-corrected chi connectivity index (χ2v) is 6.88. The molecule has 1 aromatic rings. The van der Waals surface area contributed by atoms with Crippen LogP contribution in [-0.2, 0) is 6.54 Å². The molecule has 0 radical (unpaired) electrons. The van der Waals surface area contributed by atoms with Crippen LogP contribution in [0, 0.1) is 5.92 Å². The Kier molecular flexibility index (Phi) is 5.03. The zero-order valence-corrected chi connectivity index (χ0v) is 14.1. The summed E-state index contributed by atoms with van der Waals surface area (Å²) in [6, 6.07) is 4.17. The Bertz CT molecular complexity index is 522. The minimum absolute atomic E-state index is 0.0179. The second-order valence-electron chi connectivity index (χ2n) is 6.88. The fraction of sp³-hybridized carbons (Fsp3) is 0.667. The van der Waals surface area contributed by atoms with E-state index in [1.807, 2.05) is 24.1 Å². The van der Waals surface area contributed by atoms with Crippen molar-refractivity contribution in [3.8, 4) is 5.88 Å². The Hall–Kier alpha value is -1.78. The molecule has 0 bridgehead atoms. The molecule has 0 aliphatic heterocycles. The summed E-state index contributed by atoms with van der Waals surface area (Å²) in [5.74, 6) is 1.37. The fourth-order valence-electron chi connectivity index (χ4n) is 3.14. The second kappa shape index (κ2) is 7.20. The molecule has 2 amide bonds. The van der Waals surface area contributed by atoms with Gasteiger partial charge in [0.1, 0.15) is 6.10 Å². The molecule has 2 aliphatic carbocycles. The molecule has 0 spiro atoms. The first-order valence-corrected chi connectivity index (χ1v) is 8.75. The number of amides is 2. The zero-order chi connectivity index (χ0) is 16.2. The van der Waals surface area contributed by atoms with Gasteiger partial charge in [0.2, 0.25) is 5.88 Å². The Morgan fingerprint density at radius 1 is 1.35 bits per heavy atom. The van der Waals surface area contributed by atoms with E-state index in [0.29, 0.717) is 30.5 Å². The number of pyridine rings is 1. The minimum atomic E-state index is -0.0179. The highest BCUT2D eigenvalue weighted by Gasteiger charge is 2.32. The standard InChI is InChI=1S/C18H27N3O2/c1-13(15-8-9-15)21(2)18(22)20-12-14-7-10-17(19-11-14)23-16-5-3-4-6-16/h7,10-11,13,15-16H,3-6,8-9,12H2,1-2H3,(H,20,22). The first kappa shape index (κ1) is 16.1. The predicted molar refractivity (Wildman–Crippen MR) is 89.3 cm³/mol. The molecule has 3 rings (SSSR count). The summed E-state index contributed by atoms with van der Waals surface area (Å²) in [4.78, 5) is 18.3. The third-order valence-corrected chi connectivity index (χ3v) is 5.07. The minimum Gasteiger partial charge on any atom is -0.474 e. The quantitative estimate of drug-likeness (QED) is 0.875. The van der Waals surface area contributed by atoms with E-state index >= 15 is 0 Å². The maximum atomic E-state index is 12.2. The Morgan fingerprint density at radius 2 is 2.09 bits per heavy atom. The van der Waals surface area contributed by atoms with Crippen molar-refractivity contribution in [2.75, 3.05) is 7.05 Å². The molecule has 23 heavy (non-hydrogen) atoms. The lowest BCUT2D eigenvalue weighted by Crippen LogP contribution is -2.43.